The van der Waals surface area contributed by atoms with Crippen molar-refractivity contribution in [2.75, 3.05) is 20.7 Å². The van der Waals surface area contributed by atoms with Crippen LogP contribution in [0.4, 0.5) is 0 Å². The van der Waals surface area contributed by atoms with Gasteiger partial charge in [-0.1, -0.05) is 12.1 Å². The zero-order chi connectivity index (χ0) is 12.8. The number of likely N-dealkylation sites (N-methyl/N-ethyl adjacent to an activating group) is 1. The molecule has 1 saturated carbocycles. The van der Waals surface area contributed by atoms with Crippen molar-refractivity contribution in [2.45, 2.75) is 30.7 Å². The molecule has 1 aromatic carbocycles. The molecule has 1 saturated heterocycles. The highest BCUT2D eigenvalue weighted by atomic mass is 16.5. The SMILES string of the molecule is COc1cccc([C@@]23CC[C@@H](C2=O)N(C)CC3)c1. The van der Waals surface area contributed by atoms with Crippen LogP contribution in [0.5, 0.6) is 5.75 Å². The molecule has 0 radical (unpaired) electrons. The van der Waals surface area contributed by atoms with Crippen molar-refractivity contribution in [3.63, 3.8) is 0 Å². The van der Waals surface area contributed by atoms with Crippen LogP contribution in [0.1, 0.15) is 24.8 Å². The number of piperidine rings is 1. The maximum absolute atomic E-state index is 12.6. The molecule has 18 heavy (non-hydrogen) atoms. The third kappa shape index (κ3) is 1.50. The van der Waals surface area contributed by atoms with Crippen LogP contribution >= 0.6 is 0 Å². The molecule has 0 amide bonds. The van der Waals surface area contributed by atoms with E-state index in [-0.39, 0.29) is 11.5 Å². The van der Waals surface area contributed by atoms with E-state index in [9.17, 15) is 4.79 Å². The second-order valence-electron chi connectivity index (χ2n) is 5.46. The molecule has 1 aliphatic heterocycles. The van der Waals surface area contributed by atoms with Crippen LogP contribution in [0.15, 0.2) is 24.3 Å². The minimum atomic E-state index is -0.244. The summed E-state index contributed by atoms with van der Waals surface area (Å²) in [4.78, 5) is 14.8. The van der Waals surface area contributed by atoms with E-state index in [0.717, 1.165) is 37.1 Å². The highest BCUT2D eigenvalue weighted by Crippen LogP contribution is 2.46. The number of hydrogen-bond donors (Lipinski definition) is 0. The number of nitrogens with zero attached hydrogens (tertiary/aromatic N) is 1. The van der Waals surface area contributed by atoms with Crippen LogP contribution in [0.25, 0.3) is 0 Å². The number of likely N-dealkylation sites (tertiary alicyclic amines) is 1. The highest BCUT2D eigenvalue weighted by molar-refractivity contribution is 5.97. The summed E-state index contributed by atoms with van der Waals surface area (Å²) in [5, 5.41) is 0. The minimum Gasteiger partial charge on any atom is -0.497 e. The average molecular weight is 245 g/mol. The first-order valence-electron chi connectivity index (χ1n) is 6.56. The number of fused-ring (bicyclic) bond motifs is 2. The summed E-state index contributed by atoms with van der Waals surface area (Å²) in [5.74, 6) is 1.25. The molecule has 2 bridgehead atoms. The standard InChI is InChI=1S/C15H19NO2/c1-16-9-8-15(7-6-13(16)14(15)17)11-4-3-5-12(10-11)18-2/h3-5,10,13H,6-9H2,1-2H3/t13-,15-/m0/s1. The van der Waals surface area contributed by atoms with Gasteiger partial charge >= 0.3 is 0 Å². The Balaban J connectivity index is 2.02. The Kier molecular flexibility index (Phi) is 2.67. The molecule has 1 aromatic rings. The molecule has 0 unspecified atom stereocenters. The van der Waals surface area contributed by atoms with Gasteiger partial charge in [0.15, 0.2) is 5.78 Å². The fourth-order valence-corrected chi connectivity index (χ4v) is 3.50. The normalized spacial score (nSPS) is 31.7. The Bertz CT molecular complexity index is 485. The molecule has 0 N–H and O–H groups in total. The first-order valence-corrected chi connectivity index (χ1v) is 6.56. The lowest BCUT2D eigenvalue weighted by Crippen LogP contribution is -2.49. The highest BCUT2D eigenvalue weighted by Gasteiger charge is 2.52. The van der Waals surface area contributed by atoms with Crippen molar-refractivity contribution in [3.8, 4) is 5.75 Å². The number of ether oxygens (including phenoxy) is 1. The number of carbonyl (C=O) groups is 1. The lowest BCUT2D eigenvalue weighted by Gasteiger charge is -2.37. The van der Waals surface area contributed by atoms with Crippen LogP contribution < -0.4 is 4.74 Å². The lowest BCUT2D eigenvalue weighted by atomic mass is 9.73. The quantitative estimate of drug-likeness (QED) is 0.798. The van der Waals surface area contributed by atoms with Gasteiger partial charge in [-0.15, -0.1) is 0 Å². The summed E-state index contributed by atoms with van der Waals surface area (Å²) in [6.07, 6.45) is 2.91. The first-order chi connectivity index (χ1) is 8.67. The van der Waals surface area contributed by atoms with Gasteiger partial charge in [-0.05, 0) is 50.6 Å². The summed E-state index contributed by atoms with van der Waals surface area (Å²) < 4.78 is 5.28. The maximum atomic E-state index is 12.6. The average Bonchev–Trinajstić information content (AvgIpc) is 2.63. The zero-order valence-corrected chi connectivity index (χ0v) is 11.0. The summed E-state index contributed by atoms with van der Waals surface area (Å²) in [5.41, 5.74) is 0.897. The van der Waals surface area contributed by atoms with Gasteiger partial charge in [0.1, 0.15) is 5.75 Å². The van der Waals surface area contributed by atoms with Gasteiger partial charge < -0.3 is 4.74 Å². The summed E-state index contributed by atoms with van der Waals surface area (Å²) in [7, 11) is 3.73. The molecule has 2 aliphatic rings. The van der Waals surface area contributed by atoms with Crippen molar-refractivity contribution in [2.24, 2.45) is 0 Å². The lowest BCUT2D eigenvalue weighted by molar-refractivity contribution is -0.129. The molecule has 2 atom stereocenters. The fourth-order valence-electron chi connectivity index (χ4n) is 3.50. The van der Waals surface area contributed by atoms with Crippen LogP contribution in [0.3, 0.4) is 0 Å². The number of methoxy groups -OCH3 is 1. The van der Waals surface area contributed by atoms with E-state index in [1.165, 1.54) is 0 Å². The number of ketones is 1. The van der Waals surface area contributed by atoms with Crippen molar-refractivity contribution in [1.29, 1.82) is 0 Å². The van der Waals surface area contributed by atoms with Crippen LogP contribution in [-0.4, -0.2) is 37.4 Å². The predicted octanol–water partition coefficient (Wildman–Crippen LogP) is 2.00. The van der Waals surface area contributed by atoms with Gasteiger partial charge in [0, 0.05) is 0 Å². The van der Waals surface area contributed by atoms with Gasteiger partial charge in [-0.25, -0.2) is 0 Å². The number of rotatable bonds is 2. The Morgan fingerprint density at radius 2 is 2.22 bits per heavy atom. The van der Waals surface area contributed by atoms with Gasteiger partial charge in [0.2, 0.25) is 0 Å². The molecule has 3 nitrogen and oxygen atoms in total. The van der Waals surface area contributed by atoms with E-state index in [4.69, 9.17) is 4.74 Å². The van der Waals surface area contributed by atoms with E-state index < -0.39 is 0 Å². The Morgan fingerprint density at radius 1 is 1.39 bits per heavy atom. The summed E-state index contributed by atoms with van der Waals surface area (Å²) in [6.45, 7) is 1.01. The third-order valence-electron chi connectivity index (χ3n) is 4.66. The molecule has 3 rings (SSSR count). The largest absolute Gasteiger partial charge is 0.497 e. The van der Waals surface area contributed by atoms with Gasteiger partial charge in [0.05, 0.1) is 18.6 Å². The first kappa shape index (κ1) is 11.7. The minimum absolute atomic E-state index is 0.130. The number of Topliss-reactive ketones (excluding diaryl/α,β-unsaturated/α-hetero) is 1. The van der Waals surface area contributed by atoms with Crippen molar-refractivity contribution >= 4 is 5.78 Å². The maximum Gasteiger partial charge on any atom is 0.160 e. The van der Waals surface area contributed by atoms with Gasteiger partial charge in [-0.2, -0.15) is 0 Å². The fraction of sp³-hybridized carbons (Fsp3) is 0.533. The smallest absolute Gasteiger partial charge is 0.160 e. The number of hydrogen-bond acceptors (Lipinski definition) is 3. The molecule has 1 aliphatic carbocycles. The van der Waals surface area contributed by atoms with Crippen molar-refractivity contribution < 1.29 is 9.53 Å². The van der Waals surface area contributed by atoms with Crippen molar-refractivity contribution in [1.82, 2.24) is 4.90 Å². The van der Waals surface area contributed by atoms with E-state index >= 15 is 0 Å². The second-order valence-corrected chi connectivity index (χ2v) is 5.46. The second kappa shape index (κ2) is 4.09. The molecule has 2 fully saturated rings. The molecule has 96 valence electrons. The summed E-state index contributed by atoms with van der Waals surface area (Å²) in [6, 6.07) is 8.16. The topological polar surface area (TPSA) is 29.5 Å². The van der Waals surface area contributed by atoms with E-state index in [2.05, 4.69) is 18.0 Å². The van der Waals surface area contributed by atoms with Crippen LogP contribution in [0.2, 0.25) is 0 Å². The van der Waals surface area contributed by atoms with E-state index in [0.29, 0.717) is 5.78 Å². The monoisotopic (exact) mass is 245 g/mol. The molecular formula is C15H19NO2. The molecule has 3 heteroatoms. The number of benzene rings is 1. The third-order valence-corrected chi connectivity index (χ3v) is 4.66. The Labute approximate surface area is 108 Å². The predicted molar refractivity (Wildman–Crippen MR) is 69.9 cm³/mol. The number of carbonyl (C=O) groups excluding carboxylic acids is 1. The van der Waals surface area contributed by atoms with Crippen LogP contribution in [0, 0.1) is 0 Å². The van der Waals surface area contributed by atoms with E-state index in [1.807, 2.05) is 18.2 Å². The zero-order valence-electron chi connectivity index (χ0n) is 11.0. The molecule has 0 spiro atoms. The molecular weight excluding hydrogens is 226 g/mol. The van der Waals surface area contributed by atoms with Crippen molar-refractivity contribution in [3.05, 3.63) is 29.8 Å². The Morgan fingerprint density at radius 3 is 3.00 bits per heavy atom. The van der Waals surface area contributed by atoms with E-state index in [1.54, 1.807) is 7.11 Å². The van der Waals surface area contributed by atoms with Gasteiger partial charge in [0.25, 0.3) is 0 Å². The van der Waals surface area contributed by atoms with Crippen LogP contribution in [-0.2, 0) is 10.2 Å². The van der Waals surface area contributed by atoms with Gasteiger partial charge in [-0.3, -0.25) is 9.69 Å². The molecule has 1 heterocycles. The summed E-state index contributed by atoms with van der Waals surface area (Å²) >= 11 is 0. The Hall–Kier alpha value is -1.35. The molecule has 0 aromatic heterocycles.